The van der Waals surface area contributed by atoms with Gasteiger partial charge in [-0.2, -0.15) is 0 Å². The largest absolute Gasteiger partial charge is 0.497 e. The molecule has 3 rings (SSSR count). The molecule has 0 aliphatic carbocycles. The van der Waals surface area contributed by atoms with Crippen molar-refractivity contribution in [3.63, 3.8) is 0 Å². The summed E-state index contributed by atoms with van der Waals surface area (Å²) in [6.07, 6.45) is 0. The molecule has 0 fully saturated rings. The van der Waals surface area contributed by atoms with Crippen LogP contribution in [0.4, 0.5) is 10.5 Å². The fourth-order valence-electron chi connectivity index (χ4n) is 3.47. The van der Waals surface area contributed by atoms with Crippen LogP contribution in [0.5, 0.6) is 5.75 Å². The average Bonchev–Trinajstić information content (AvgIpc) is 2.80. The number of H-pyrrole nitrogens is 1. The Balaban J connectivity index is 1.86. The Kier molecular flexibility index (Phi) is 8.14. The van der Waals surface area contributed by atoms with E-state index >= 15 is 0 Å². The minimum atomic E-state index is -0.274. The maximum absolute atomic E-state index is 13.1. The quantitative estimate of drug-likeness (QED) is 0.494. The highest BCUT2D eigenvalue weighted by molar-refractivity contribution is 6.30. The summed E-state index contributed by atoms with van der Waals surface area (Å²) in [7, 11) is 1.60. The summed E-state index contributed by atoms with van der Waals surface area (Å²) in [5.41, 5.74) is 1.66. The third-order valence-electron chi connectivity index (χ3n) is 5.45. The van der Waals surface area contributed by atoms with Gasteiger partial charge in [0.2, 0.25) is 0 Å². The van der Waals surface area contributed by atoms with Gasteiger partial charge in [0.25, 0.3) is 5.56 Å². The molecule has 8 heteroatoms. The van der Waals surface area contributed by atoms with E-state index in [1.54, 1.807) is 42.3 Å². The number of hydrogen-bond acceptors (Lipinski definition) is 4. The number of pyridine rings is 1. The molecule has 0 bridgehead atoms. The molecule has 0 atom stereocenters. The molecule has 0 saturated carbocycles. The predicted molar refractivity (Wildman–Crippen MR) is 130 cm³/mol. The number of rotatable bonds is 9. The van der Waals surface area contributed by atoms with Gasteiger partial charge in [0, 0.05) is 40.3 Å². The van der Waals surface area contributed by atoms with Gasteiger partial charge >= 0.3 is 6.03 Å². The van der Waals surface area contributed by atoms with Crippen molar-refractivity contribution in [3.05, 3.63) is 69.5 Å². The molecule has 0 unspecified atom stereocenters. The first kappa shape index (κ1) is 23.6. The molecular formula is C24H29ClN4O3. The fraction of sp³-hybridized carbons (Fsp3) is 0.333. The van der Waals surface area contributed by atoms with Gasteiger partial charge < -0.3 is 24.8 Å². The fourth-order valence-corrected chi connectivity index (χ4v) is 3.60. The number of aromatic nitrogens is 1. The van der Waals surface area contributed by atoms with E-state index in [-0.39, 0.29) is 18.1 Å². The molecule has 7 nitrogen and oxygen atoms in total. The van der Waals surface area contributed by atoms with Gasteiger partial charge in [0.1, 0.15) is 5.75 Å². The molecule has 2 amide bonds. The molecule has 1 heterocycles. The number of carbonyl (C=O) groups excluding carboxylic acids is 1. The topological polar surface area (TPSA) is 77.7 Å². The van der Waals surface area contributed by atoms with E-state index in [1.165, 1.54) is 0 Å². The van der Waals surface area contributed by atoms with Crippen molar-refractivity contribution < 1.29 is 9.53 Å². The van der Waals surface area contributed by atoms with Crippen LogP contribution in [0, 0.1) is 0 Å². The Morgan fingerprint density at radius 3 is 2.44 bits per heavy atom. The van der Waals surface area contributed by atoms with Gasteiger partial charge in [-0.1, -0.05) is 25.4 Å². The number of likely N-dealkylation sites (N-methyl/N-ethyl adjacent to an activating group) is 1. The molecule has 170 valence electrons. The lowest BCUT2D eigenvalue weighted by atomic mass is 10.1. The van der Waals surface area contributed by atoms with Crippen LogP contribution in [0.2, 0.25) is 5.02 Å². The maximum Gasteiger partial charge on any atom is 0.322 e. The Hall–Kier alpha value is -3.03. The SMILES string of the molecule is CCN(CC)CCN(Cc1cc2cc(OC)ccc2[nH]c1=O)C(=O)Nc1ccc(Cl)cc1. The number of aromatic amines is 1. The lowest BCUT2D eigenvalue weighted by molar-refractivity contribution is 0.194. The zero-order valence-corrected chi connectivity index (χ0v) is 19.4. The van der Waals surface area contributed by atoms with Gasteiger partial charge in [-0.3, -0.25) is 4.79 Å². The van der Waals surface area contributed by atoms with Gasteiger partial charge in [-0.25, -0.2) is 4.79 Å². The summed E-state index contributed by atoms with van der Waals surface area (Å²) in [5.74, 6) is 0.703. The molecule has 2 N–H and O–H groups in total. The number of halogens is 1. The minimum Gasteiger partial charge on any atom is -0.497 e. The van der Waals surface area contributed by atoms with Crippen LogP contribution < -0.4 is 15.6 Å². The van der Waals surface area contributed by atoms with Crippen LogP contribution in [-0.2, 0) is 6.54 Å². The number of hydrogen-bond donors (Lipinski definition) is 2. The molecule has 0 spiro atoms. The standard InChI is InChI=1S/C24H29ClN4O3/c1-4-28(5-2)12-13-29(24(31)26-20-8-6-19(25)7-9-20)16-18-14-17-15-21(32-3)10-11-22(17)27-23(18)30/h6-11,14-15H,4-5,12-13,16H2,1-3H3,(H,26,31)(H,27,30). The number of nitrogens with one attached hydrogen (secondary N) is 2. The van der Waals surface area contributed by atoms with Crippen molar-refractivity contribution in [2.45, 2.75) is 20.4 Å². The zero-order valence-electron chi connectivity index (χ0n) is 18.7. The first-order chi connectivity index (χ1) is 15.4. The summed E-state index contributed by atoms with van der Waals surface area (Å²) in [4.78, 5) is 32.6. The number of amides is 2. The molecule has 0 aliphatic rings. The number of carbonyl (C=O) groups is 1. The van der Waals surface area contributed by atoms with Crippen LogP contribution >= 0.6 is 11.6 Å². The van der Waals surface area contributed by atoms with E-state index in [0.717, 1.165) is 24.0 Å². The van der Waals surface area contributed by atoms with Gasteiger partial charge in [0.05, 0.1) is 13.7 Å². The summed E-state index contributed by atoms with van der Waals surface area (Å²) in [6, 6.07) is 14.0. The predicted octanol–water partition coefficient (Wildman–Crippen LogP) is 4.57. The van der Waals surface area contributed by atoms with E-state index < -0.39 is 0 Å². The zero-order chi connectivity index (χ0) is 23.1. The third-order valence-corrected chi connectivity index (χ3v) is 5.70. The number of methoxy groups -OCH3 is 1. The number of fused-ring (bicyclic) bond motifs is 1. The minimum absolute atomic E-state index is 0.184. The second-order valence-corrected chi connectivity index (χ2v) is 7.90. The first-order valence-corrected chi connectivity index (χ1v) is 11.0. The van der Waals surface area contributed by atoms with Gasteiger partial charge in [0.15, 0.2) is 0 Å². The number of nitrogens with zero attached hydrogens (tertiary/aromatic N) is 2. The molecule has 3 aromatic rings. The third kappa shape index (κ3) is 6.02. The second-order valence-electron chi connectivity index (χ2n) is 7.46. The van der Waals surface area contributed by atoms with Crippen molar-refractivity contribution >= 4 is 34.2 Å². The lowest BCUT2D eigenvalue weighted by Crippen LogP contribution is -2.41. The second kappa shape index (κ2) is 11.0. The Morgan fingerprint density at radius 2 is 1.78 bits per heavy atom. The summed E-state index contributed by atoms with van der Waals surface area (Å²) in [6.45, 7) is 7.32. The van der Waals surface area contributed by atoms with E-state index in [1.807, 2.05) is 18.2 Å². The van der Waals surface area contributed by atoms with E-state index in [4.69, 9.17) is 16.3 Å². The van der Waals surface area contributed by atoms with Gasteiger partial charge in [-0.15, -0.1) is 0 Å². The van der Waals surface area contributed by atoms with Crippen molar-refractivity contribution in [2.75, 3.05) is 38.6 Å². The monoisotopic (exact) mass is 456 g/mol. The first-order valence-electron chi connectivity index (χ1n) is 10.7. The average molecular weight is 457 g/mol. The molecule has 0 radical (unpaired) electrons. The summed E-state index contributed by atoms with van der Waals surface area (Å²) in [5, 5.41) is 4.35. The smallest absolute Gasteiger partial charge is 0.322 e. The van der Waals surface area contributed by atoms with E-state index in [0.29, 0.717) is 35.1 Å². The van der Waals surface area contributed by atoms with E-state index in [9.17, 15) is 9.59 Å². The number of ether oxygens (including phenoxy) is 1. The highest BCUT2D eigenvalue weighted by Crippen LogP contribution is 2.20. The number of anilines is 1. The molecule has 0 aliphatic heterocycles. The highest BCUT2D eigenvalue weighted by Gasteiger charge is 2.17. The summed E-state index contributed by atoms with van der Waals surface area (Å²) >= 11 is 5.95. The maximum atomic E-state index is 13.1. The lowest BCUT2D eigenvalue weighted by Gasteiger charge is -2.26. The van der Waals surface area contributed by atoms with Crippen LogP contribution in [0.25, 0.3) is 10.9 Å². The van der Waals surface area contributed by atoms with Crippen LogP contribution in [0.15, 0.2) is 53.3 Å². The number of benzene rings is 2. The molecule has 1 aromatic heterocycles. The van der Waals surface area contributed by atoms with Crippen molar-refractivity contribution in [3.8, 4) is 5.75 Å². The van der Waals surface area contributed by atoms with Crippen LogP contribution in [0.1, 0.15) is 19.4 Å². The molecular weight excluding hydrogens is 428 g/mol. The van der Waals surface area contributed by atoms with E-state index in [2.05, 4.69) is 29.0 Å². The Bertz CT molecular complexity index is 1110. The normalized spacial score (nSPS) is 11.0. The van der Waals surface area contributed by atoms with Gasteiger partial charge in [-0.05, 0) is 61.6 Å². The van der Waals surface area contributed by atoms with Crippen molar-refractivity contribution in [1.29, 1.82) is 0 Å². The molecule has 2 aromatic carbocycles. The van der Waals surface area contributed by atoms with Crippen molar-refractivity contribution in [2.24, 2.45) is 0 Å². The number of urea groups is 1. The Morgan fingerprint density at radius 1 is 1.06 bits per heavy atom. The Labute approximate surface area is 192 Å². The van der Waals surface area contributed by atoms with Crippen LogP contribution in [0.3, 0.4) is 0 Å². The van der Waals surface area contributed by atoms with Crippen molar-refractivity contribution in [1.82, 2.24) is 14.8 Å². The van der Waals surface area contributed by atoms with Crippen LogP contribution in [-0.4, -0.2) is 54.1 Å². The molecule has 32 heavy (non-hydrogen) atoms. The molecule has 0 saturated heterocycles. The summed E-state index contributed by atoms with van der Waals surface area (Å²) < 4.78 is 5.29. The highest BCUT2D eigenvalue weighted by atomic mass is 35.5.